The van der Waals surface area contributed by atoms with Crippen molar-refractivity contribution in [1.82, 2.24) is 9.29 Å². The van der Waals surface area contributed by atoms with E-state index in [1.807, 2.05) is 0 Å². The summed E-state index contributed by atoms with van der Waals surface area (Å²) in [5, 5.41) is 19.0. The fraction of sp³-hybridized carbons (Fsp3) is 0.444. The fourth-order valence-electron chi connectivity index (χ4n) is 1.23. The minimum Gasteiger partial charge on any atom is -0.396 e. The van der Waals surface area contributed by atoms with Gasteiger partial charge in [-0.1, -0.05) is 0 Å². The lowest BCUT2D eigenvalue weighted by Crippen LogP contribution is -2.28. The van der Waals surface area contributed by atoms with Gasteiger partial charge in [0.15, 0.2) is 6.20 Å². The third kappa shape index (κ3) is 3.22. The molecule has 1 aromatic rings. The molecule has 0 aliphatic carbocycles. The monoisotopic (exact) mass is 275 g/mol. The summed E-state index contributed by atoms with van der Waals surface area (Å²) in [5.74, 6) is -0.410. The van der Waals surface area contributed by atoms with Crippen LogP contribution in [-0.4, -0.2) is 47.9 Å². The average molecular weight is 275 g/mol. The average Bonchev–Trinajstić information content (AvgIpc) is 2.35. The van der Waals surface area contributed by atoms with Gasteiger partial charge in [-0.3, -0.25) is 0 Å². The Morgan fingerprint density at radius 3 is 2.61 bits per heavy atom. The largest absolute Gasteiger partial charge is 0.396 e. The molecule has 1 N–H and O–H groups in total. The highest BCUT2D eigenvalue weighted by atomic mass is 32.2. The van der Waals surface area contributed by atoms with Gasteiger partial charge < -0.3 is 15.2 Å². The van der Waals surface area contributed by atoms with Crippen molar-refractivity contribution in [3.8, 4) is 0 Å². The van der Waals surface area contributed by atoms with Gasteiger partial charge in [0.1, 0.15) is 4.90 Å². The quantitative estimate of drug-likeness (QED) is 0.577. The Morgan fingerprint density at radius 2 is 2.17 bits per heavy atom. The number of nitro groups is 1. The summed E-state index contributed by atoms with van der Waals surface area (Å²) in [6.45, 7) is 0.0498. The van der Waals surface area contributed by atoms with Crippen molar-refractivity contribution in [2.75, 3.05) is 20.2 Å². The molecule has 1 heterocycles. The number of rotatable bonds is 6. The second-order valence-corrected chi connectivity index (χ2v) is 5.56. The summed E-state index contributed by atoms with van der Waals surface area (Å²) in [7, 11) is -2.35. The molecular formula is C9H13N3O5S. The highest BCUT2D eigenvalue weighted by Gasteiger charge is 2.22. The van der Waals surface area contributed by atoms with Crippen molar-refractivity contribution in [2.45, 2.75) is 11.3 Å². The Morgan fingerprint density at radius 1 is 1.50 bits per heavy atom. The predicted molar refractivity (Wildman–Crippen MR) is 62.4 cm³/mol. The molecule has 0 aromatic carbocycles. The SMILES string of the molecule is CN(CCCO)S(=O)(=O)c1ccc([N+](=O)[O-])nc1. The molecule has 0 fully saturated rings. The number of pyridine rings is 1. The third-order valence-corrected chi connectivity index (χ3v) is 4.09. The maximum Gasteiger partial charge on any atom is 0.363 e. The maximum atomic E-state index is 12.0. The van der Waals surface area contributed by atoms with E-state index in [2.05, 4.69) is 4.98 Å². The summed E-state index contributed by atoms with van der Waals surface area (Å²) >= 11 is 0. The molecule has 0 aliphatic rings. The molecular weight excluding hydrogens is 262 g/mol. The molecule has 0 amide bonds. The van der Waals surface area contributed by atoms with Crippen LogP contribution in [0.4, 0.5) is 5.82 Å². The van der Waals surface area contributed by atoms with Crippen LogP contribution in [0.1, 0.15) is 6.42 Å². The molecule has 1 rings (SSSR count). The number of nitrogens with zero attached hydrogens (tertiary/aromatic N) is 3. The van der Waals surface area contributed by atoms with Crippen molar-refractivity contribution >= 4 is 15.8 Å². The van der Waals surface area contributed by atoms with Crippen molar-refractivity contribution in [3.05, 3.63) is 28.4 Å². The van der Waals surface area contributed by atoms with E-state index in [9.17, 15) is 18.5 Å². The van der Waals surface area contributed by atoms with Crippen LogP contribution >= 0.6 is 0 Å². The van der Waals surface area contributed by atoms with Crippen molar-refractivity contribution in [2.24, 2.45) is 0 Å². The third-order valence-electron chi connectivity index (χ3n) is 2.25. The minimum atomic E-state index is -3.72. The highest BCUT2D eigenvalue weighted by molar-refractivity contribution is 7.89. The molecule has 0 radical (unpaired) electrons. The molecule has 100 valence electrons. The van der Waals surface area contributed by atoms with Gasteiger partial charge in [-0.25, -0.2) is 12.7 Å². The van der Waals surface area contributed by atoms with Crippen LogP contribution in [0.5, 0.6) is 0 Å². The van der Waals surface area contributed by atoms with Gasteiger partial charge >= 0.3 is 5.82 Å². The van der Waals surface area contributed by atoms with Crippen molar-refractivity contribution in [1.29, 1.82) is 0 Å². The smallest absolute Gasteiger partial charge is 0.363 e. The summed E-state index contributed by atoms with van der Waals surface area (Å²) < 4.78 is 25.0. The zero-order valence-corrected chi connectivity index (χ0v) is 10.5. The van der Waals surface area contributed by atoms with Crippen LogP contribution in [0.25, 0.3) is 0 Å². The zero-order valence-electron chi connectivity index (χ0n) is 9.68. The molecule has 0 saturated carbocycles. The first-order valence-corrected chi connectivity index (χ1v) is 6.51. The molecule has 9 heteroatoms. The number of hydrogen-bond donors (Lipinski definition) is 1. The van der Waals surface area contributed by atoms with E-state index in [4.69, 9.17) is 5.11 Å². The number of aliphatic hydroxyl groups excluding tert-OH is 1. The Kier molecular flexibility index (Phi) is 4.70. The van der Waals surface area contributed by atoms with E-state index in [1.165, 1.54) is 7.05 Å². The van der Waals surface area contributed by atoms with Gasteiger partial charge in [0.25, 0.3) is 0 Å². The van der Waals surface area contributed by atoms with E-state index < -0.39 is 20.8 Å². The van der Waals surface area contributed by atoms with Gasteiger partial charge in [0, 0.05) is 26.3 Å². The first-order valence-electron chi connectivity index (χ1n) is 5.07. The van der Waals surface area contributed by atoms with Crippen LogP contribution in [0.15, 0.2) is 23.2 Å². The fourth-order valence-corrected chi connectivity index (χ4v) is 2.38. The molecule has 0 atom stereocenters. The second kappa shape index (κ2) is 5.85. The lowest BCUT2D eigenvalue weighted by atomic mass is 10.5. The van der Waals surface area contributed by atoms with Gasteiger partial charge in [-0.2, -0.15) is 0 Å². The van der Waals surface area contributed by atoms with Crippen molar-refractivity contribution < 1.29 is 18.4 Å². The first kappa shape index (κ1) is 14.5. The van der Waals surface area contributed by atoms with E-state index >= 15 is 0 Å². The highest BCUT2D eigenvalue weighted by Crippen LogP contribution is 2.16. The Labute approximate surface area is 104 Å². The standard InChI is InChI=1S/C9H13N3O5S/c1-11(5-2-6-13)18(16,17)8-3-4-9(10-7-8)12(14)15/h3-4,7,13H,2,5-6H2,1H3. The lowest BCUT2D eigenvalue weighted by Gasteiger charge is -2.15. The molecule has 0 aliphatic heterocycles. The summed E-state index contributed by atoms with van der Waals surface area (Å²) in [5.41, 5.74) is 0. The Balaban J connectivity index is 2.94. The van der Waals surface area contributed by atoms with E-state index in [0.717, 1.165) is 22.6 Å². The summed E-state index contributed by atoms with van der Waals surface area (Å²) in [6, 6.07) is 2.17. The van der Waals surface area contributed by atoms with Crippen LogP contribution in [-0.2, 0) is 10.0 Å². The van der Waals surface area contributed by atoms with Gasteiger partial charge in [0.05, 0.1) is 0 Å². The van der Waals surface area contributed by atoms with Crippen molar-refractivity contribution in [3.63, 3.8) is 0 Å². The van der Waals surface area contributed by atoms with E-state index in [1.54, 1.807) is 0 Å². The van der Waals surface area contributed by atoms with Crippen LogP contribution < -0.4 is 0 Å². The predicted octanol–water partition coefficient (Wildman–Crippen LogP) is -0.00730. The van der Waals surface area contributed by atoms with Gasteiger partial charge in [0.2, 0.25) is 10.0 Å². The summed E-state index contributed by atoms with van der Waals surface area (Å²) in [6.07, 6.45) is 1.26. The van der Waals surface area contributed by atoms with Crippen LogP contribution in [0, 0.1) is 10.1 Å². The number of aliphatic hydroxyl groups is 1. The molecule has 0 spiro atoms. The van der Waals surface area contributed by atoms with Gasteiger partial charge in [-0.15, -0.1) is 0 Å². The molecule has 0 saturated heterocycles. The van der Waals surface area contributed by atoms with E-state index in [-0.39, 0.29) is 18.0 Å². The minimum absolute atomic E-state index is 0.113. The first-order chi connectivity index (χ1) is 8.39. The van der Waals surface area contributed by atoms with Gasteiger partial charge in [-0.05, 0) is 22.4 Å². The normalized spacial score (nSPS) is 11.7. The van der Waals surface area contributed by atoms with Crippen LogP contribution in [0.3, 0.4) is 0 Å². The Hall–Kier alpha value is -1.58. The molecule has 1 aromatic heterocycles. The summed E-state index contributed by atoms with van der Waals surface area (Å²) in [4.78, 5) is 13.0. The van der Waals surface area contributed by atoms with Crippen LogP contribution in [0.2, 0.25) is 0 Å². The number of sulfonamides is 1. The topological polar surface area (TPSA) is 114 Å². The molecule has 18 heavy (non-hydrogen) atoms. The van der Waals surface area contributed by atoms with E-state index in [0.29, 0.717) is 6.42 Å². The zero-order chi connectivity index (χ0) is 13.8. The number of aromatic nitrogens is 1. The second-order valence-electron chi connectivity index (χ2n) is 3.51. The Bertz CT molecular complexity index is 514. The maximum absolute atomic E-state index is 12.0. The number of hydrogen-bond acceptors (Lipinski definition) is 6. The lowest BCUT2D eigenvalue weighted by molar-refractivity contribution is -0.389. The molecule has 8 nitrogen and oxygen atoms in total. The molecule has 0 unspecified atom stereocenters. The molecule has 0 bridgehead atoms.